The van der Waals surface area contributed by atoms with Crippen molar-refractivity contribution in [3.63, 3.8) is 0 Å². The molecule has 1 aromatic heterocycles. The highest BCUT2D eigenvalue weighted by molar-refractivity contribution is 7.98. The Morgan fingerprint density at radius 1 is 1.03 bits per heavy atom. The van der Waals surface area contributed by atoms with Gasteiger partial charge in [0.1, 0.15) is 11.4 Å². The molecule has 0 saturated carbocycles. The number of imidazole rings is 1. The van der Waals surface area contributed by atoms with Crippen molar-refractivity contribution in [3.8, 4) is 11.4 Å². The quantitative estimate of drug-likeness (QED) is 0.392. The number of nitrogens with one attached hydrogen (secondary N) is 2. The third-order valence-corrected chi connectivity index (χ3v) is 4.85. The van der Waals surface area contributed by atoms with Gasteiger partial charge >= 0.3 is 0 Å². The lowest BCUT2D eigenvalue weighted by molar-refractivity contribution is 0.0945. The van der Waals surface area contributed by atoms with Crippen LogP contribution in [-0.2, 0) is 0 Å². The van der Waals surface area contributed by atoms with Crippen LogP contribution in [0.3, 0.4) is 0 Å². The molecule has 0 unspecified atom stereocenters. The lowest BCUT2D eigenvalue weighted by Gasteiger charge is -2.11. The Bertz CT molecular complexity index is 989. The lowest BCUT2D eigenvalue weighted by atomic mass is 10.2. The number of carbonyl (C=O) groups excluding carboxylic acids is 2. The molecule has 2 aromatic carbocycles. The molecule has 150 valence electrons. The van der Waals surface area contributed by atoms with Gasteiger partial charge in [0.2, 0.25) is 0 Å². The number of para-hydroxylation sites is 1. The zero-order chi connectivity index (χ0) is 20.6. The summed E-state index contributed by atoms with van der Waals surface area (Å²) in [5, 5.41) is 15.8. The van der Waals surface area contributed by atoms with E-state index in [2.05, 4.69) is 15.6 Å². The third-order valence-electron chi connectivity index (χ3n) is 4.19. The summed E-state index contributed by atoms with van der Waals surface area (Å²) < 4.78 is 1.82. The molecular weight excluding hydrogens is 388 g/mol. The van der Waals surface area contributed by atoms with Crippen molar-refractivity contribution in [2.24, 2.45) is 0 Å². The fraction of sp³-hybridized carbons (Fsp3) is 0.190. The second-order valence-corrected chi connectivity index (χ2v) is 6.99. The number of amides is 2. The van der Waals surface area contributed by atoms with E-state index in [0.717, 1.165) is 10.8 Å². The average Bonchev–Trinajstić information content (AvgIpc) is 3.18. The molecule has 0 spiro atoms. The van der Waals surface area contributed by atoms with E-state index in [1.54, 1.807) is 18.3 Å². The number of phenolic OH excluding ortho intramolecular Hbond substituents is 1. The maximum Gasteiger partial charge on any atom is 0.269 e. The molecule has 0 aliphatic rings. The Hall–Kier alpha value is -3.26. The second kappa shape index (κ2) is 9.79. The van der Waals surface area contributed by atoms with Crippen LogP contribution >= 0.6 is 11.8 Å². The normalized spacial score (nSPS) is 10.5. The van der Waals surface area contributed by atoms with Crippen LogP contribution in [0.2, 0.25) is 0 Å². The summed E-state index contributed by atoms with van der Waals surface area (Å²) in [5.41, 5.74) is 1.73. The maximum atomic E-state index is 12.6. The van der Waals surface area contributed by atoms with E-state index in [4.69, 9.17) is 0 Å². The van der Waals surface area contributed by atoms with Crippen LogP contribution in [0, 0.1) is 0 Å². The Balaban J connectivity index is 1.53. The molecular formula is C21H22N4O3S. The van der Waals surface area contributed by atoms with Gasteiger partial charge in [0, 0.05) is 24.3 Å². The maximum absolute atomic E-state index is 12.6. The second-order valence-electron chi connectivity index (χ2n) is 6.22. The van der Waals surface area contributed by atoms with Gasteiger partial charge in [-0.05, 0) is 43.0 Å². The van der Waals surface area contributed by atoms with Crippen LogP contribution in [0.25, 0.3) is 5.69 Å². The van der Waals surface area contributed by atoms with Crippen molar-refractivity contribution in [2.75, 3.05) is 19.3 Å². The number of aromatic nitrogens is 2. The zero-order valence-corrected chi connectivity index (χ0v) is 16.8. The highest BCUT2D eigenvalue weighted by Crippen LogP contribution is 2.21. The minimum absolute atomic E-state index is 0.0459. The van der Waals surface area contributed by atoms with Crippen LogP contribution in [-0.4, -0.2) is 45.8 Å². The molecule has 0 aliphatic carbocycles. The summed E-state index contributed by atoms with van der Waals surface area (Å²) in [7, 11) is 0. The summed E-state index contributed by atoms with van der Waals surface area (Å²) in [4.78, 5) is 29.0. The molecule has 8 heteroatoms. The summed E-state index contributed by atoms with van der Waals surface area (Å²) in [6, 6.07) is 15.8. The number of nitrogens with zero attached hydrogens (tertiary/aromatic N) is 2. The fourth-order valence-electron chi connectivity index (χ4n) is 2.80. The van der Waals surface area contributed by atoms with E-state index in [1.807, 2.05) is 41.2 Å². The van der Waals surface area contributed by atoms with Crippen molar-refractivity contribution < 1.29 is 14.7 Å². The lowest BCUT2D eigenvalue weighted by Crippen LogP contribution is -2.30. The first-order chi connectivity index (χ1) is 14.1. The number of phenols is 1. The van der Waals surface area contributed by atoms with Gasteiger partial charge in [-0.3, -0.25) is 14.2 Å². The van der Waals surface area contributed by atoms with Gasteiger partial charge < -0.3 is 15.7 Å². The molecule has 3 rings (SSSR count). The molecule has 3 N–H and O–H groups in total. The molecule has 7 nitrogen and oxygen atoms in total. The number of hydrogen-bond acceptors (Lipinski definition) is 5. The van der Waals surface area contributed by atoms with E-state index >= 15 is 0 Å². The van der Waals surface area contributed by atoms with Crippen LogP contribution < -0.4 is 10.6 Å². The molecule has 1 heterocycles. The predicted octanol–water partition coefficient (Wildman–Crippen LogP) is 2.85. The van der Waals surface area contributed by atoms with Gasteiger partial charge in [-0.15, -0.1) is 0 Å². The topological polar surface area (TPSA) is 96.2 Å². The van der Waals surface area contributed by atoms with Gasteiger partial charge in [-0.1, -0.05) is 36.0 Å². The summed E-state index contributed by atoms with van der Waals surface area (Å²) in [5.74, 6) is -0.440. The van der Waals surface area contributed by atoms with E-state index < -0.39 is 0 Å². The first-order valence-corrected chi connectivity index (χ1v) is 10.3. The van der Waals surface area contributed by atoms with Crippen molar-refractivity contribution in [1.29, 1.82) is 0 Å². The van der Waals surface area contributed by atoms with Gasteiger partial charge in [-0.2, -0.15) is 0 Å². The van der Waals surface area contributed by atoms with Gasteiger partial charge in [-0.25, -0.2) is 4.98 Å². The molecule has 0 bridgehead atoms. The van der Waals surface area contributed by atoms with Crippen LogP contribution in [0.4, 0.5) is 0 Å². The summed E-state index contributed by atoms with van der Waals surface area (Å²) in [6.07, 6.45) is 4.06. The minimum atomic E-state index is -0.265. The predicted molar refractivity (Wildman–Crippen MR) is 113 cm³/mol. The Morgan fingerprint density at radius 3 is 2.45 bits per heavy atom. The number of thioether (sulfide) groups is 1. The molecule has 0 aliphatic heterocycles. The van der Waals surface area contributed by atoms with Crippen LogP contribution in [0.5, 0.6) is 5.75 Å². The smallest absolute Gasteiger partial charge is 0.269 e. The van der Waals surface area contributed by atoms with Crippen molar-refractivity contribution in [1.82, 2.24) is 20.2 Å². The Morgan fingerprint density at radius 2 is 1.76 bits per heavy atom. The van der Waals surface area contributed by atoms with Crippen LogP contribution in [0.15, 0.2) is 66.0 Å². The number of carbonyl (C=O) groups is 2. The zero-order valence-electron chi connectivity index (χ0n) is 16.0. The van der Waals surface area contributed by atoms with E-state index in [-0.39, 0.29) is 17.6 Å². The van der Waals surface area contributed by atoms with E-state index in [1.165, 1.54) is 23.9 Å². The van der Waals surface area contributed by atoms with E-state index in [0.29, 0.717) is 30.8 Å². The molecule has 0 fully saturated rings. The number of benzene rings is 2. The summed E-state index contributed by atoms with van der Waals surface area (Å²) in [6.45, 7) is 0.816. The molecule has 0 atom stereocenters. The highest BCUT2D eigenvalue weighted by atomic mass is 32.2. The first-order valence-electron chi connectivity index (χ1n) is 9.12. The molecule has 2 amide bonds. The average molecular weight is 410 g/mol. The van der Waals surface area contributed by atoms with Gasteiger partial charge in [0.25, 0.3) is 11.8 Å². The largest absolute Gasteiger partial charge is 0.508 e. The molecule has 0 saturated heterocycles. The number of rotatable bonds is 8. The summed E-state index contributed by atoms with van der Waals surface area (Å²) >= 11 is 1.47. The van der Waals surface area contributed by atoms with E-state index in [9.17, 15) is 14.7 Å². The van der Waals surface area contributed by atoms with Gasteiger partial charge in [0.15, 0.2) is 5.16 Å². The minimum Gasteiger partial charge on any atom is -0.508 e. The van der Waals surface area contributed by atoms with Gasteiger partial charge in [0.05, 0.1) is 6.20 Å². The molecule has 3 aromatic rings. The Kier molecular flexibility index (Phi) is 6.91. The molecule has 0 radical (unpaired) electrons. The van der Waals surface area contributed by atoms with Crippen molar-refractivity contribution in [2.45, 2.75) is 11.6 Å². The van der Waals surface area contributed by atoms with Crippen molar-refractivity contribution >= 4 is 23.6 Å². The third kappa shape index (κ3) is 5.17. The van der Waals surface area contributed by atoms with Crippen LogP contribution in [0.1, 0.15) is 27.3 Å². The fourth-order valence-corrected chi connectivity index (χ4v) is 3.34. The number of aromatic hydroxyl groups is 1. The number of hydrogen-bond donors (Lipinski definition) is 3. The standard InChI is InChI=1S/C21H22N4O3S/c1-29-21-24-14-18(25(21)16-8-3-2-4-9-16)20(28)23-12-6-11-22-19(27)15-7-5-10-17(26)13-15/h2-5,7-10,13-14,26H,6,11-12H2,1H3,(H,22,27)(H,23,28). The first kappa shape index (κ1) is 20.5. The Labute approximate surface area is 173 Å². The van der Waals surface area contributed by atoms with Crippen molar-refractivity contribution in [3.05, 3.63) is 72.1 Å². The molecule has 29 heavy (non-hydrogen) atoms. The monoisotopic (exact) mass is 410 g/mol. The highest BCUT2D eigenvalue weighted by Gasteiger charge is 2.17. The SMILES string of the molecule is CSc1ncc(C(=O)NCCCNC(=O)c2cccc(O)c2)n1-c1ccccc1.